The van der Waals surface area contributed by atoms with Crippen LogP contribution in [0.15, 0.2) is 47.1 Å². The first-order valence-electron chi connectivity index (χ1n) is 5.39. The van der Waals surface area contributed by atoms with Crippen molar-refractivity contribution in [3.05, 3.63) is 63.9 Å². The van der Waals surface area contributed by atoms with Crippen molar-refractivity contribution in [2.45, 2.75) is 0 Å². The number of esters is 1. The highest BCUT2D eigenvalue weighted by atomic mass is 79.9. The number of fused-ring (bicyclic) bond motifs is 1. The Balaban J connectivity index is 2.04. The van der Waals surface area contributed by atoms with Crippen LogP contribution in [-0.2, 0) is 4.74 Å². The first kappa shape index (κ1) is 11.2. The van der Waals surface area contributed by atoms with E-state index in [1.54, 1.807) is 18.3 Å². The van der Waals surface area contributed by atoms with Crippen LogP contribution in [0.3, 0.4) is 0 Å². The van der Waals surface area contributed by atoms with E-state index in [9.17, 15) is 4.79 Å². The molecule has 1 aromatic heterocycles. The first-order valence-corrected chi connectivity index (χ1v) is 6.18. The molecule has 88 valence electrons. The summed E-state index contributed by atoms with van der Waals surface area (Å²) < 4.78 is 6.15. The minimum atomic E-state index is -0.311. The van der Waals surface area contributed by atoms with Gasteiger partial charge in [0.25, 0.3) is 0 Å². The number of carbonyl (C=O) groups excluding carboxylic acids is 1. The van der Waals surface area contributed by atoms with Crippen molar-refractivity contribution < 1.29 is 9.53 Å². The molecule has 0 aliphatic carbocycles. The summed E-state index contributed by atoms with van der Waals surface area (Å²) in [6, 6.07) is 11.1. The van der Waals surface area contributed by atoms with E-state index in [-0.39, 0.29) is 5.97 Å². The molecule has 3 rings (SSSR count). The molecule has 0 radical (unpaired) electrons. The number of rotatable bonds is 1. The molecule has 18 heavy (non-hydrogen) atoms. The normalized spacial score (nSPS) is 15.6. The summed E-state index contributed by atoms with van der Waals surface area (Å²) in [5.74, 6) is 0.236. The number of halogens is 1. The molecule has 0 unspecified atom stereocenters. The van der Waals surface area contributed by atoms with Crippen LogP contribution in [0.1, 0.15) is 21.6 Å². The fraction of sp³-hybridized carbons (Fsp3) is 0. The van der Waals surface area contributed by atoms with Crippen LogP contribution in [0.2, 0.25) is 0 Å². The van der Waals surface area contributed by atoms with Crippen LogP contribution in [0.5, 0.6) is 0 Å². The Kier molecular flexibility index (Phi) is 2.72. The number of nitrogens with zero attached hydrogens (tertiary/aromatic N) is 1. The SMILES string of the molecule is O=C1O/C(=C\c2ccc(Br)cn2)c2ccccc21. The van der Waals surface area contributed by atoms with E-state index >= 15 is 0 Å². The third-order valence-corrected chi connectivity index (χ3v) is 3.11. The van der Waals surface area contributed by atoms with Crippen molar-refractivity contribution in [1.82, 2.24) is 4.98 Å². The zero-order valence-corrected chi connectivity index (χ0v) is 10.8. The van der Waals surface area contributed by atoms with Crippen molar-refractivity contribution in [1.29, 1.82) is 0 Å². The Bertz CT molecular complexity index is 647. The van der Waals surface area contributed by atoms with Crippen molar-refractivity contribution in [2.24, 2.45) is 0 Å². The van der Waals surface area contributed by atoms with Gasteiger partial charge in [0.15, 0.2) is 0 Å². The second-order valence-electron chi connectivity index (χ2n) is 3.84. The predicted molar refractivity (Wildman–Crippen MR) is 71.7 cm³/mol. The highest BCUT2D eigenvalue weighted by Gasteiger charge is 2.25. The van der Waals surface area contributed by atoms with E-state index in [0.29, 0.717) is 11.3 Å². The summed E-state index contributed by atoms with van der Waals surface area (Å²) in [7, 11) is 0. The zero-order chi connectivity index (χ0) is 12.5. The molecule has 0 amide bonds. The molecule has 0 N–H and O–H groups in total. The average molecular weight is 302 g/mol. The second-order valence-corrected chi connectivity index (χ2v) is 4.76. The Morgan fingerprint density at radius 3 is 2.61 bits per heavy atom. The van der Waals surface area contributed by atoms with Gasteiger partial charge in [0.2, 0.25) is 0 Å². The molecule has 4 heteroatoms. The lowest BCUT2D eigenvalue weighted by atomic mass is 10.1. The van der Waals surface area contributed by atoms with Gasteiger partial charge in [-0.2, -0.15) is 0 Å². The van der Waals surface area contributed by atoms with Gasteiger partial charge in [-0.25, -0.2) is 4.79 Å². The second kappa shape index (κ2) is 4.38. The van der Waals surface area contributed by atoms with E-state index in [2.05, 4.69) is 20.9 Å². The lowest BCUT2D eigenvalue weighted by molar-refractivity contribution is 0.0717. The van der Waals surface area contributed by atoms with Crippen molar-refractivity contribution in [3.8, 4) is 0 Å². The molecule has 0 bridgehead atoms. The third kappa shape index (κ3) is 1.95. The fourth-order valence-electron chi connectivity index (χ4n) is 1.80. The zero-order valence-electron chi connectivity index (χ0n) is 9.26. The topological polar surface area (TPSA) is 39.2 Å². The molecule has 1 aromatic carbocycles. The van der Waals surface area contributed by atoms with Gasteiger partial charge in [-0.1, -0.05) is 18.2 Å². The van der Waals surface area contributed by atoms with Gasteiger partial charge in [-0.05, 0) is 34.1 Å². The van der Waals surface area contributed by atoms with Crippen LogP contribution >= 0.6 is 15.9 Å². The van der Waals surface area contributed by atoms with Gasteiger partial charge in [-0.15, -0.1) is 0 Å². The van der Waals surface area contributed by atoms with Gasteiger partial charge >= 0.3 is 5.97 Å². The Labute approximate surface area is 112 Å². The van der Waals surface area contributed by atoms with Crippen molar-refractivity contribution >= 4 is 33.7 Å². The Morgan fingerprint density at radius 1 is 1.11 bits per heavy atom. The molecule has 0 spiro atoms. The molecular weight excluding hydrogens is 294 g/mol. The van der Waals surface area contributed by atoms with Crippen molar-refractivity contribution in [3.63, 3.8) is 0 Å². The first-order chi connectivity index (χ1) is 8.74. The maximum atomic E-state index is 11.6. The van der Waals surface area contributed by atoms with Gasteiger partial charge in [0.05, 0.1) is 11.3 Å². The smallest absolute Gasteiger partial charge is 0.344 e. The van der Waals surface area contributed by atoms with E-state index in [4.69, 9.17) is 4.74 Å². The summed E-state index contributed by atoms with van der Waals surface area (Å²) >= 11 is 3.32. The molecule has 0 saturated heterocycles. The molecule has 3 nitrogen and oxygen atoms in total. The number of aromatic nitrogens is 1. The monoisotopic (exact) mass is 301 g/mol. The molecule has 1 aliphatic heterocycles. The number of carbonyl (C=O) groups is 1. The van der Waals surface area contributed by atoms with Gasteiger partial charge in [0.1, 0.15) is 5.76 Å². The fourth-order valence-corrected chi connectivity index (χ4v) is 2.03. The predicted octanol–water partition coefficient (Wildman–Crippen LogP) is 3.51. The van der Waals surface area contributed by atoms with Gasteiger partial charge < -0.3 is 4.74 Å². The maximum Gasteiger partial charge on any atom is 0.344 e. The van der Waals surface area contributed by atoms with Crippen LogP contribution in [0, 0.1) is 0 Å². The number of cyclic esters (lactones) is 1. The summed E-state index contributed by atoms with van der Waals surface area (Å²) in [5.41, 5.74) is 2.16. The number of benzene rings is 1. The average Bonchev–Trinajstić information content (AvgIpc) is 2.70. The molecular formula is C14H8BrNO2. The molecule has 0 saturated carbocycles. The van der Waals surface area contributed by atoms with Crippen LogP contribution in [0.25, 0.3) is 11.8 Å². The van der Waals surface area contributed by atoms with Crippen LogP contribution in [0.4, 0.5) is 0 Å². The van der Waals surface area contributed by atoms with Crippen molar-refractivity contribution in [2.75, 3.05) is 0 Å². The molecule has 2 aromatic rings. The van der Waals surface area contributed by atoms with E-state index < -0.39 is 0 Å². The highest BCUT2D eigenvalue weighted by Crippen LogP contribution is 2.30. The minimum absolute atomic E-state index is 0.311. The Morgan fingerprint density at radius 2 is 1.89 bits per heavy atom. The molecule has 0 fully saturated rings. The number of ether oxygens (including phenoxy) is 1. The van der Waals surface area contributed by atoms with E-state index in [1.165, 1.54) is 0 Å². The third-order valence-electron chi connectivity index (χ3n) is 2.64. The summed E-state index contributed by atoms with van der Waals surface area (Å²) in [6.45, 7) is 0. The standard InChI is InChI=1S/C14H8BrNO2/c15-9-5-6-10(16-8-9)7-13-11-3-1-2-4-12(11)14(17)18-13/h1-8H/b13-7-. The van der Waals surface area contributed by atoms with Gasteiger partial charge in [0, 0.05) is 22.3 Å². The number of hydrogen-bond acceptors (Lipinski definition) is 3. The lowest BCUT2D eigenvalue weighted by Gasteiger charge is -1.98. The molecule has 0 atom stereocenters. The Hall–Kier alpha value is -1.94. The quantitative estimate of drug-likeness (QED) is 0.757. The number of pyridine rings is 1. The van der Waals surface area contributed by atoms with Gasteiger partial charge in [-0.3, -0.25) is 4.98 Å². The summed E-state index contributed by atoms with van der Waals surface area (Å²) in [5, 5.41) is 0. The summed E-state index contributed by atoms with van der Waals surface area (Å²) in [4.78, 5) is 15.9. The largest absolute Gasteiger partial charge is 0.422 e. The number of hydrogen-bond donors (Lipinski definition) is 0. The lowest BCUT2D eigenvalue weighted by Crippen LogP contribution is -1.92. The summed E-state index contributed by atoms with van der Waals surface area (Å²) in [6.07, 6.45) is 3.46. The minimum Gasteiger partial charge on any atom is -0.422 e. The van der Waals surface area contributed by atoms with Crippen LogP contribution in [-0.4, -0.2) is 11.0 Å². The van der Waals surface area contributed by atoms with E-state index in [0.717, 1.165) is 15.7 Å². The highest BCUT2D eigenvalue weighted by molar-refractivity contribution is 9.10. The molecule has 2 heterocycles. The maximum absolute atomic E-state index is 11.6. The van der Waals surface area contributed by atoms with E-state index in [1.807, 2.05) is 30.3 Å². The van der Waals surface area contributed by atoms with Crippen LogP contribution < -0.4 is 0 Å². The molecule has 1 aliphatic rings.